The highest BCUT2D eigenvalue weighted by atomic mass is 16.4. The molecule has 92 valence electrons. The largest absolute Gasteiger partial charge is 0.480 e. The second-order valence-corrected chi connectivity index (χ2v) is 4.70. The zero-order valence-corrected chi connectivity index (χ0v) is 10.1. The summed E-state index contributed by atoms with van der Waals surface area (Å²) in [5, 5.41) is 8.77. The van der Waals surface area contributed by atoms with Gasteiger partial charge in [0.15, 0.2) is 0 Å². The molecule has 1 N–H and O–H groups in total. The van der Waals surface area contributed by atoms with E-state index in [0.29, 0.717) is 0 Å². The molecule has 0 saturated carbocycles. The summed E-state index contributed by atoms with van der Waals surface area (Å²) in [6.07, 6.45) is 0.832. The molecule has 1 rings (SSSR count). The van der Waals surface area contributed by atoms with Crippen molar-refractivity contribution in [1.82, 2.24) is 9.80 Å². The number of hydrogen-bond acceptors (Lipinski definition) is 3. The number of carbonyl (C=O) groups is 2. The molecule has 5 heteroatoms. The SMILES string of the molecule is CC(C)N(CC(=O)O)C(=O)C1CCN(C)C1. The summed E-state index contributed by atoms with van der Waals surface area (Å²) in [7, 11) is 1.98. The van der Waals surface area contributed by atoms with Crippen LogP contribution in [-0.4, -0.2) is 59.5 Å². The minimum Gasteiger partial charge on any atom is -0.480 e. The molecule has 5 nitrogen and oxygen atoms in total. The van der Waals surface area contributed by atoms with Gasteiger partial charge < -0.3 is 14.9 Å². The Balaban J connectivity index is 2.63. The van der Waals surface area contributed by atoms with E-state index >= 15 is 0 Å². The maximum absolute atomic E-state index is 12.1. The number of nitrogens with zero attached hydrogens (tertiary/aromatic N) is 2. The van der Waals surface area contributed by atoms with Crippen LogP contribution in [0.3, 0.4) is 0 Å². The van der Waals surface area contributed by atoms with Gasteiger partial charge in [0.25, 0.3) is 0 Å². The van der Waals surface area contributed by atoms with Gasteiger partial charge >= 0.3 is 5.97 Å². The van der Waals surface area contributed by atoms with E-state index in [9.17, 15) is 9.59 Å². The monoisotopic (exact) mass is 228 g/mol. The quantitative estimate of drug-likeness (QED) is 0.749. The Labute approximate surface area is 96.0 Å². The predicted octanol–water partition coefficient (Wildman–Crippen LogP) is 0.260. The van der Waals surface area contributed by atoms with E-state index in [-0.39, 0.29) is 24.4 Å². The van der Waals surface area contributed by atoms with E-state index in [2.05, 4.69) is 4.90 Å². The first-order valence-electron chi connectivity index (χ1n) is 5.62. The molecule has 1 heterocycles. The lowest BCUT2D eigenvalue weighted by molar-refractivity contribution is -0.147. The molecule has 1 aliphatic rings. The van der Waals surface area contributed by atoms with Crippen LogP contribution in [0.25, 0.3) is 0 Å². The fourth-order valence-corrected chi connectivity index (χ4v) is 2.03. The van der Waals surface area contributed by atoms with Crippen LogP contribution >= 0.6 is 0 Å². The fraction of sp³-hybridized carbons (Fsp3) is 0.818. The Hall–Kier alpha value is -1.10. The highest BCUT2D eigenvalue weighted by Crippen LogP contribution is 2.18. The maximum atomic E-state index is 12.1. The van der Waals surface area contributed by atoms with Gasteiger partial charge in [-0.1, -0.05) is 0 Å². The molecule has 0 aromatic heterocycles. The molecule has 0 aromatic rings. The molecule has 16 heavy (non-hydrogen) atoms. The highest BCUT2D eigenvalue weighted by Gasteiger charge is 2.31. The van der Waals surface area contributed by atoms with Crippen LogP contribution in [0, 0.1) is 5.92 Å². The fourth-order valence-electron chi connectivity index (χ4n) is 2.03. The topological polar surface area (TPSA) is 60.9 Å². The van der Waals surface area contributed by atoms with Gasteiger partial charge in [-0.25, -0.2) is 0 Å². The van der Waals surface area contributed by atoms with Crippen LogP contribution in [0.5, 0.6) is 0 Å². The van der Waals surface area contributed by atoms with Crippen molar-refractivity contribution in [2.45, 2.75) is 26.3 Å². The average molecular weight is 228 g/mol. The Bertz CT molecular complexity index is 278. The molecule has 0 aliphatic carbocycles. The van der Waals surface area contributed by atoms with Gasteiger partial charge in [0, 0.05) is 12.6 Å². The maximum Gasteiger partial charge on any atom is 0.323 e. The van der Waals surface area contributed by atoms with Gasteiger partial charge in [-0.2, -0.15) is 0 Å². The molecule has 0 aromatic carbocycles. The van der Waals surface area contributed by atoms with Gasteiger partial charge in [-0.15, -0.1) is 0 Å². The summed E-state index contributed by atoms with van der Waals surface area (Å²) >= 11 is 0. The van der Waals surface area contributed by atoms with E-state index in [1.165, 1.54) is 4.90 Å². The first-order valence-corrected chi connectivity index (χ1v) is 5.62. The van der Waals surface area contributed by atoms with Crippen LogP contribution in [0.15, 0.2) is 0 Å². The predicted molar refractivity (Wildman–Crippen MR) is 60.1 cm³/mol. The third-order valence-corrected chi connectivity index (χ3v) is 2.95. The van der Waals surface area contributed by atoms with Gasteiger partial charge in [0.1, 0.15) is 6.54 Å². The summed E-state index contributed by atoms with van der Waals surface area (Å²) < 4.78 is 0. The molecular weight excluding hydrogens is 208 g/mol. The molecule has 1 amide bonds. The van der Waals surface area contributed by atoms with Gasteiger partial charge in [-0.3, -0.25) is 9.59 Å². The second kappa shape index (κ2) is 5.30. The van der Waals surface area contributed by atoms with Crippen LogP contribution in [0.1, 0.15) is 20.3 Å². The van der Waals surface area contributed by atoms with Crippen molar-refractivity contribution in [2.24, 2.45) is 5.92 Å². The minimum absolute atomic E-state index is 0.0262. The van der Waals surface area contributed by atoms with Crippen molar-refractivity contribution in [2.75, 3.05) is 26.7 Å². The lowest BCUT2D eigenvalue weighted by Crippen LogP contribution is -2.44. The Kier molecular flexibility index (Phi) is 4.29. The second-order valence-electron chi connectivity index (χ2n) is 4.70. The van der Waals surface area contributed by atoms with E-state index in [4.69, 9.17) is 5.11 Å². The molecule has 1 atom stereocenters. The zero-order chi connectivity index (χ0) is 12.3. The van der Waals surface area contributed by atoms with Crippen molar-refractivity contribution >= 4 is 11.9 Å². The average Bonchev–Trinajstić information content (AvgIpc) is 2.59. The highest BCUT2D eigenvalue weighted by molar-refractivity contribution is 5.83. The summed E-state index contributed by atoms with van der Waals surface area (Å²) in [5.41, 5.74) is 0. The first-order chi connectivity index (χ1) is 7.41. The summed E-state index contributed by atoms with van der Waals surface area (Å²) in [6, 6.07) is -0.0606. The number of carboxylic acids is 1. The third kappa shape index (κ3) is 3.20. The molecular formula is C11H20N2O3. The standard InChI is InChI=1S/C11H20N2O3/c1-8(2)13(7-10(14)15)11(16)9-4-5-12(3)6-9/h8-9H,4-7H2,1-3H3,(H,14,15). The van der Waals surface area contributed by atoms with E-state index in [1.807, 2.05) is 20.9 Å². The number of amides is 1. The summed E-state index contributed by atoms with van der Waals surface area (Å²) in [6.45, 7) is 5.15. The summed E-state index contributed by atoms with van der Waals surface area (Å²) in [4.78, 5) is 26.3. The molecule has 0 bridgehead atoms. The van der Waals surface area contributed by atoms with Gasteiger partial charge in [-0.05, 0) is 33.9 Å². The smallest absolute Gasteiger partial charge is 0.323 e. The number of hydrogen-bond donors (Lipinski definition) is 1. The lowest BCUT2D eigenvalue weighted by atomic mass is 10.1. The van der Waals surface area contributed by atoms with Crippen molar-refractivity contribution in [1.29, 1.82) is 0 Å². The molecule has 1 unspecified atom stereocenters. The first kappa shape index (κ1) is 13.0. The number of aliphatic carboxylic acids is 1. The van der Waals surface area contributed by atoms with Gasteiger partial charge in [0.05, 0.1) is 5.92 Å². The van der Waals surface area contributed by atoms with Crippen molar-refractivity contribution < 1.29 is 14.7 Å². The number of rotatable bonds is 4. The minimum atomic E-state index is -0.951. The van der Waals surface area contributed by atoms with E-state index in [0.717, 1.165) is 19.5 Å². The normalized spacial score (nSPS) is 21.4. The Morgan fingerprint density at radius 1 is 1.50 bits per heavy atom. The number of carbonyl (C=O) groups excluding carboxylic acids is 1. The molecule has 1 fully saturated rings. The van der Waals surface area contributed by atoms with Crippen molar-refractivity contribution in [3.05, 3.63) is 0 Å². The van der Waals surface area contributed by atoms with Crippen LogP contribution in [0.4, 0.5) is 0 Å². The van der Waals surface area contributed by atoms with E-state index in [1.54, 1.807) is 0 Å². The number of carboxylic acid groups (broad SMARTS) is 1. The zero-order valence-electron chi connectivity index (χ0n) is 10.1. The summed E-state index contributed by atoms with van der Waals surface area (Å²) in [5.74, 6) is -1.01. The van der Waals surface area contributed by atoms with Gasteiger partial charge in [0.2, 0.25) is 5.91 Å². The van der Waals surface area contributed by atoms with Crippen LogP contribution < -0.4 is 0 Å². The van der Waals surface area contributed by atoms with Crippen LogP contribution in [0.2, 0.25) is 0 Å². The Morgan fingerprint density at radius 3 is 2.50 bits per heavy atom. The molecule has 1 aliphatic heterocycles. The Morgan fingerprint density at radius 2 is 2.12 bits per heavy atom. The van der Waals surface area contributed by atoms with Crippen molar-refractivity contribution in [3.8, 4) is 0 Å². The lowest BCUT2D eigenvalue weighted by Gasteiger charge is -2.27. The number of likely N-dealkylation sites (tertiary alicyclic amines) is 1. The van der Waals surface area contributed by atoms with Crippen molar-refractivity contribution in [3.63, 3.8) is 0 Å². The molecule has 0 radical (unpaired) electrons. The van der Waals surface area contributed by atoms with E-state index < -0.39 is 5.97 Å². The van der Waals surface area contributed by atoms with Crippen LogP contribution in [-0.2, 0) is 9.59 Å². The third-order valence-electron chi connectivity index (χ3n) is 2.95. The molecule has 1 saturated heterocycles. The molecule has 0 spiro atoms.